The van der Waals surface area contributed by atoms with Crippen molar-refractivity contribution in [3.05, 3.63) is 77.4 Å². The molecule has 0 unspecified atom stereocenters. The van der Waals surface area contributed by atoms with Crippen LogP contribution in [0.15, 0.2) is 76.1 Å². The van der Waals surface area contributed by atoms with Gasteiger partial charge in [0.05, 0.1) is 20.8 Å². The molecule has 0 atom stereocenters. The van der Waals surface area contributed by atoms with Gasteiger partial charge in [0.25, 0.3) is 11.1 Å². The number of imide groups is 1. The molecule has 0 N–H and O–H groups in total. The van der Waals surface area contributed by atoms with E-state index in [1.165, 1.54) is 4.90 Å². The SMILES string of the molecule is O=C1SC(=Cc2ccc(-c3nc4ccccc4s3)o2)C(=O)N1c1ccccc1. The van der Waals surface area contributed by atoms with Gasteiger partial charge in [0.2, 0.25) is 0 Å². The average Bonchev–Trinajstić information content (AvgIpc) is 3.40. The van der Waals surface area contributed by atoms with Crippen LogP contribution in [0.2, 0.25) is 0 Å². The molecule has 0 radical (unpaired) electrons. The van der Waals surface area contributed by atoms with Crippen LogP contribution in [0.5, 0.6) is 0 Å². The maximum Gasteiger partial charge on any atom is 0.298 e. The molecule has 7 heteroatoms. The lowest BCUT2D eigenvalue weighted by Crippen LogP contribution is -2.27. The Labute approximate surface area is 168 Å². The monoisotopic (exact) mass is 404 g/mol. The van der Waals surface area contributed by atoms with E-state index in [0.717, 1.165) is 27.0 Å². The second kappa shape index (κ2) is 6.78. The van der Waals surface area contributed by atoms with Gasteiger partial charge in [-0.1, -0.05) is 30.3 Å². The molecule has 0 spiro atoms. The smallest absolute Gasteiger partial charge is 0.298 e. The van der Waals surface area contributed by atoms with Crippen molar-refractivity contribution in [2.24, 2.45) is 0 Å². The van der Waals surface area contributed by atoms with E-state index in [1.807, 2.05) is 36.4 Å². The molecular formula is C21H12N2O3S2. The Morgan fingerprint density at radius 1 is 0.929 bits per heavy atom. The van der Waals surface area contributed by atoms with Gasteiger partial charge in [0.1, 0.15) is 5.76 Å². The first kappa shape index (κ1) is 17.0. The van der Waals surface area contributed by atoms with E-state index in [9.17, 15) is 9.59 Å². The molecule has 1 fully saturated rings. The van der Waals surface area contributed by atoms with Crippen LogP contribution < -0.4 is 4.90 Å². The molecule has 5 nitrogen and oxygen atoms in total. The maximum atomic E-state index is 12.7. The van der Waals surface area contributed by atoms with Gasteiger partial charge in [-0.3, -0.25) is 9.59 Å². The number of furan rings is 1. The van der Waals surface area contributed by atoms with Crippen LogP contribution in [-0.4, -0.2) is 16.1 Å². The number of thioether (sulfide) groups is 1. The predicted molar refractivity (Wildman–Crippen MR) is 112 cm³/mol. The zero-order valence-corrected chi connectivity index (χ0v) is 16.0. The standard InChI is InChI=1S/C21H12N2O3S2/c24-20-18(28-21(25)23(20)13-6-2-1-3-7-13)12-14-10-11-16(26-14)19-22-15-8-4-5-9-17(15)27-19/h1-12H. The number of amides is 2. The highest BCUT2D eigenvalue weighted by Crippen LogP contribution is 2.37. The molecule has 0 aliphatic carbocycles. The highest BCUT2D eigenvalue weighted by molar-refractivity contribution is 8.19. The highest BCUT2D eigenvalue weighted by Gasteiger charge is 2.36. The van der Waals surface area contributed by atoms with Crippen molar-refractivity contribution >= 4 is 56.2 Å². The summed E-state index contributed by atoms with van der Waals surface area (Å²) in [5, 5.41) is 0.457. The van der Waals surface area contributed by atoms with Crippen molar-refractivity contribution in [3.8, 4) is 10.8 Å². The Morgan fingerprint density at radius 2 is 1.71 bits per heavy atom. The van der Waals surface area contributed by atoms with Crippen molar-refractivity contribution in [3.63, 3.8) is 0 Å². The third-order valence-corrected chi connectivity index (χ3v) is 6.13. The van der Waals surface area contributed by atoms with Crippen molar-refractivity contribution in [1.82, 2.24) is 4.98 Å². The fraction of sp³-hybridized carbons (Fsp3) is 0. The molecule has 0 bridgehead atoms. The van der Waals surface area contributed by atoms with E-state index in [4.69, 9.17) is 4.42 Å². The average molecular weight is 404 g/mol. The molecule has 1 aliphatic heterocycles. The highest BCUT2D eigenvalue weighted by atomic mass is 32.2. The lowest BCUT2D eigenvalue weighted by Gasteiger charge is -2.11. The van der Waals surface area contributed by atoms with E-state index >= 15 is 0 Å². The van der Waals surface area contributed by atoms with Crippen molar-refractivity contribution in [2.45, 2.75) is 0 Å². The van der Waals surface area contributed by atoms with Crippen LogP contribution in [0, 0.1) is 0 Å². The third kappa shape index (κ3) is 2.94. The first-order valence-electron chi connectivity index (χ1n) is 8.48. The number of nitrogens with zero attached hydrogens (tertiary/aromatic N) is 2. The molecule has 28 heavy (non-hydrogen) atoms. The zero-order valence-electron chi connectivity index (χ0n) is 14.4. The number of thiazole rings is 1. The topological polar surface area (TPSA) is 63.4 Å². The first-order chi connectivity index (χ1) is 13.7. The van der Waals surface area contributed by atoms with Gasteiger partial charge in [-0.2, -0.15) is 0 Å². The summed E-state index contributed by atoms with van der Waals surface area (Å²) in [4.78, 5) is 31.1. The molecule has 2 aromatic heterocycles. The molecule has 1 saturated heterocycles. The summed E-state index contributed by atoms with van der Waals surface area (Å²) in [5.74, 6) is 0.793. The maximum absolute atomic E-state index is 12.7. The van der Waals surface area contributed by atoms with E-state index < -0.39 is 0 Å². The van der Waals surface area contributed by atoms with Gasteiger partial charge in [-0.15, -0.1) is 11.3 Å². The molecular weight excluding hydrogens is 392 g/mol. The lowest BCUT2D eigenvalue weighted by atomic mass is 10.3. The van der Waals surface area contributed by atoms with Gasteiger partial charge < -0.3 is 4.42 Å². The molecule has 3 heterocycles. The van der Waals surface area contributed by atoms with Gasteiger partial charge in [-0.25, -0.2) is 9.88 Å². The summed E-state index contributed by atoms with van der Waals surface area (Å²) in [5.41, 5.74) is 1.48. The second-order valence-corrected chi connectivity index (χ2v) is 8.07. The molecule has 2 aromatic carbocycles. The van der Waals surface area contributed by atoms with E-state index in [0.29, 0.717) is 22.1 Å². The first-order valence-corrected chi connectivity index (χ1v) is 10.1. The number of rotatable bonds is 3. The molecule has 1 aliphatic rings. The zero-order chi connectivity index (χ0) is 19.1. The minimum atomic E-state index is -0.348. The second-order valence-electron chi connectivity index (χ2n) is 6.04. The van der Waals surface area contributed by atoms with E-state index in [1.54, 1.807) is 47.7 Å². The van der Waals surface area contributed by atoms with Crippen LogP contribution in [-0.2, 0) is 4.79 Å². The summed E-state index contributed by atoms with van der Waals surface area (Å²) in [7, 11) is 0. The number of anilines is 1. The number of aromatic nitrogens is 1. The fourth-order valence-corrected chi connectivity index (χ4v) is 4.67. The summed E-state index contributed by atoms with van der Waals surface area (Å²) in [6.07, 6.45) is 1.60. The number of carbonyl (C=O) groups excluding carboxylic acids is 2. The van der Waals surface area contributed by atoms with Crippen LogP contribution in [0.4, 0.5) is 10.5 Å². The van der Waals surface area contributed by atoms with Crippen molar-refractivity contribution in [1.29, 1.82) is 0 Å². The lowest BCUT2D eigenvalue weighted by molar-refractivity contribution is -0.113. The molecule has 136 valence electrons. The Balaban J connectivity index is 1.44. The molecule has 0 saturated carbocycles. The van der Waals surface area contributed by atoms with E-state index in [-0.39, 0.29) is 11.1 Å². The minimum absolute atomic E-state index is 0.319. The minimum Gasteiger partial charge on any atom is -0.454 e. The molecule has 4 aromatic rings. The van der Waals surface area contributed by atoms with Crippen LogP contribution in [0.1, 0.15) is 5.76 Å². The van der Waals surface area contributed by atoms with Gasteiger partial charge >= 0.3 is 0 Å². The number of hydrogen-bond donors (Lipinski definition) is 0. The Hall–Kier alpha value is -3.16. The van der Waals surface area contributed by atoms with Crippen LogP contribution in [0.25, 0.3) is 27.1 Å². The molecule has 2 amide bonds. The normalized spacial score (nSPS) is 15.9. The largest absolute Gasteiger partial charge is 0.454 e. The van der Waals surface area contributed by atoms with Gasteiger partial charge in [-0.05, 0) is 48.2 Å². The number of carbonyl (C=O) groups is 2. The van der Waals surface area contributed by atoms with Gasteiger partial charge in [0, 0.05) is 6.08 Å². The van der Waals surface area contributed by atoms with Crippen molar-refractivity contribution in [2.75, 3.05) is 4.90 Å². The summed E-state index contributed by atoms with van der Waals surface area (Å²) in [6.45, 7) is 0. The number of fused-ring (bicyclic) bond motifs is 1. The third-order valence-electron chi connectivity index (χ3n) is 4.21. The summed E-state index contributed by atoms with van der Waals surface area (Å²) < 4.78 is 6.94. The van der Waals surface area contributed by atoms with Crippen LogP contribution in [0.3, 0.4) is 0 Å². The van der Waals surface area contributed by atoms with Crippen LogP contribution >= 0.6 is 23.1 Å². The quantitative estimate of drug-likeness (QED) is 0.404. The predicted octanol–water partition coefficient (Wildman–Crippen LogP) is 5.80. The number of benzene rings is 2. The Kier molecular flexibility index (Phi) is 4.11. The van der Waals surface area contributed by atoms with Gasteiger partial charge in [0.15, 0.2) is 10.8 Å². The van der Waals surface area contributed by atoms with E-state index in [2.05, 4.69) is 4.98 Å². The Bertz CT molecular complexity index is 1210. The number of hydrogen-bond acceptors (Lipinski definition) is 6. The fourth-order valence-electron chi connectivity index (χ4n) is 2.92. The van der Waals surface area contributed by atoms with Crippen molar-refractivity contribution < 1.29 is 14.0 Å². The summed E-state index contributed by atoms with van der Waals surface area (Å²) in [6, 6.07) is 20.4. The summed E-state index contributed by atoms with van der Waals surface area (Å²) >= 11 is 2.45. The molecule has 5 rings (SSSR count). The Morgan fingerprint density at radius 3 is 2.54 bits per heavy atom. The number of para-hydroxylation sites is 2.